The highest BCUT2D eigenvalue weighted by atomic mass is 32.1. The fourth-order valence-electron chi connectivity index (χ4n) is 2.69. The number of imidazole rings is 1. The summed E-state index contributed by atoms with van der Waals surface area (Å²) in [5.41, 5.74) is 3.22. The van der Waals surface area contributed by atoms with Crippen molar-refractivity contribution < 1.29 is 14.6 Å². The maximum Gasteiger partial charge on any atom is 0.356 e. The molecule has 0 aliphatic rings. The molecule has 0 spiro atoms. The second-order valence-corrected chi connectivity index (χ2v) is 6.54. The number of rotatable bonds is 6. The molecule has 1 aromatic carbocycles. The van der Waals surface area contributed by atoms with E-state index < -0.39 is 5.97 Å². The summed E-state index contributed by atoms with van der Waals surface area (Å²) in [5, 5.41) is 11.1. The summed E-state index contributed by atoms with van der Waals surface area (Å²) in [6.07, 6.45) is 2.60. The molecule has 0 saturated carbocycles. The molecule has 126 valence electrons. The number of nitrogens with zero attached hydrogens (tertiary/aromatic N) is 2. The normalized spacial score (nSPS) is 12.5. The molecular formula is C18H20N2O3S. The predicted molar refractivity (Wildman–Crippen MR) is 95.3 cm³/mol. The summed E-state index contributed by atoms with van der Waals surface area (Å²) in [6, 6.07) is 6.15. The Labute approximate surface area is 144 Å². The molecule has 0 radical (unpaired) electrons. The molecular weight excluding hydrogens is 324 g/mol. The highest BCUT2D eigenvalue weighted by molar-refractivity contribution is 7.15. The largest absolute Gasteiger partial charge is 0.494 e. The highest BCUT2D eigenvalue weighted by Crippen LogP contribution is 2.34. The van der Waals surface area contributed by atoms with Crippen molar-refractivity contribution in [1.29, 1.82) is 0 Å². The van der Waals surface area contributed by atoms with Crippen LogP contribution >= 0.6 is 11.3 Å². The minimum atomic E-state index is -1.01. The third kappa shape index (κ3) is 2.89. The molecule has 5 nitrogen and oxygen atoms in total. The van der Waals surface area contributed by atoms with E-state index in [4.69, 9.17) is 9.84 Å². The van der Waals surface area contributed by atoms with Crippen molar-refractivity contribution in [3.05, 3.63) is 41.0 Å². The van der Waals surface area contributed by atoms with Gasteiger partial charge in [0.1, 0.15) is 5.75 Å². The Morgan fingerprint density at radius 3 is 2.88 bits per heavy atom. The van der Waals surface area contributed by atoms with Crippen LogP contribution in [0.25, 0.3) is 16.2 Å². The SMILES string of the molecule is CCOc1ccc(-c2csc3nc(C(=O)O)cn23)cc1C(C)CC. The lowest BCUT2D eigenvalue weighted by Crippen LogP contribution is -2.00. The van der Waals surface area contributed by atoms with Crippen LogP contribution < -0.4 is 4.74 Å². The van der Waals surface area contributed by atoms with E-state index in [1.165, 1.54) is 16.9 Å². The van der Waals surface area contributed by atoms with Crippen LogP contribution in [0.4, 0.5) is 0 Å². The topological polar surface area (TPSA) is 63.8 Å². The van der Waals surface area contributed by atoms with E-state index in [1.807, 2.05) is 28.8 Å². The van der Waals surface area contributed by atoms with Gasteiger partial charge in [-0.25, -0.2) is 9.78 Å². The van der Waals surface area contributed by atoms with Gasteiger partial charge in [-0.1, -0.05) is 13.8 Å². The summed E-state index contributed by atoms with van der Waals surface area (Å²) in [6.45, 7) is 6.96. The zero-order valence-corrected chi connectivity index (χ0v) is 14.8. The van der Waals surface area contributed by atoms with Crippen LogP contribution in [-0.4, -0.2) is 27.1 Å². The molecule has 1 N–H and O–H groups in total. The molecule has 2 heterocycles. The van der Waals surface area contributed by atoms with Crippen molar-refractivity contribution in [1.82, 2.24) is 9.38 Å². The van der Waals surface area contributed by atoms with Gasteiger partial charge in [-0.3, -0.25) is 4.40 Å². The zero-order valence-electron chi connectivity index (χ0n) is 13.9. The maximum atomic E-state index is 11.1. The fourth-order valence-corrected chi connectivity index (χ4v) is 3.58. The van der Waals surface area contributed by atoms with Gasteiger partial charge in [0.25, 0.3) is 0 Å². The summed E-state index contributed by atoms with van der Waals surface area (Å²) < 4.78 is 7.60. The third-order valence-electron chi connectivity index (χ3n) is 4.18. The van der Waals surface area contributed by atoms with Gasteiger partial charge in [0, 0.05) is 11.6 Å². The molecule has 0 fully saturated rings. The van der Waals surface area contributed by atoms with Gasteiger partial charge >= 0.3 is 5.97 Å². The van der Waals surface area contributed by atoms with Crippen LogP contribution in [0.3, 0.4) is 0 Å². The number of thiazole rings is 1. The van der Waals surface area contributed by atoms with Gasteiger partial charge in [-0.05, 0) is 48.6 Å². The van der Waals surface area contributed by atoms with E-state index in [2.05, 4.69) is 24.9 Å². The quantitative estimate of drug-likeness (QED) is 0.705. The van der Waals surface area contributed by atoms with Gasteiger partial charge in [-0.2, -0.15) is 0 Å². The molecule has 2 aromatic heterocycles. The third-order valence-corrected chi connectivity index (χ3v) is 5.02. The minimum Gasteiger partial charge on any atom is -0.494 e. The van der Waals surface area contributed by atoms with E-state index in [0.29, 0.717) is 17.5 Å². The van der Waals surface area contributed by atoms with Crippen LogP contribution in [0.2, 0.25) is 0 Å². The molecule has 1 unspecified atom stereocenters. The Morgan fingerprint density at radius 1 is 1.42 bits per heavy atom. The average molecular weight is 344 g/mol. The average Bonchev–Trinajstić information content (AvgIpc) is 3.15. The number of ether oxygens (including phenoxy) is 1. The molecule has 0 aliphatic heterocycles. The first-order valence-corrected chi connectivity index (χ1v) is 8.90. The van der Waals surface area contributed by atoms with E-state index in [9.17, 15) is 4.79 Å². The maximum absolute atomic E-state index is 11.1. The second kappa shape index (κ2) is 6.65. The van der Waals surface area contributed by atoms with Crippen molar-refractivity contribution >= 4 is 22.3 Å². The summed E-state index contributed by atoms with van der Waals surface area (Å²) >= 11 is 1.44. The first kappa shape index (κ1) is 16.5. The monoisotopic (exact) mass is 344 g/mol. The van der Waals surface area contributed by atoms with Gasteiger partial charge in [0.15, 0.2) is 10.7 Å². The lowest BCUT2D eigenvalue weighted by Gasteiger charge is -2.16. The van der Waals surface area contributed by atoms with Crippen molar-refractivity contribution in [3.63, 3.8) is 0 Å². The number of carboxylic acids is 1. The van der Waals surface area contributed by atoms with Gasteiger partial charge < -0.3 is 9.84 Å². The van der Waals surface area contributed by atoms with Crippen LogP contribution in [0.5, 0.6) is 5.75 Å². The summed E-state index contributed by atoms with van der Waals surface area (Å²) in [7, 11) is 0. The Morgan fingerprint density at radius 2 is 2.21 bits per heavy atom. The molecule has 1 atom stereocenters. The minimum absolute atomic E-state index is 0.0659. The van der Waals surface area contributed by atoms with E-state index in [-0.39, 0.29) is 5.69 Å². The zero-order chi connectivity index (χ0) is 17.3. The van der Waals surface area contributed by atoms with Crippen LogP contribution in [0.15, 0.2) is 29.8 Å². The van der Waals surface area contributed by atoms with E-state index >= 15 is 0 Å². The molecule has 0 amide bonds. The molecule has 24 heavy (non-hydrogen) atoms. The Bertz CT molecular complexity index is 882. The van der Waals surface area contributed by atoms with Crippen LogP contribution in [-0.2, 0) is 0 Å². The van der Waals surface area contributed by atoms with Crippen molar-refractivity contribution in [2.45, 2.75) is 33.1 Å². The Kier molecular flexibility index (Phi) is 4.57. The predicted octanol–water partition coefficient (Wildman–Crippen LogP) is 4.67. The number of hydrogen-bond acceptors (Lipinski definition) is 4. The molecule has 0 bridgehead atoms. The number of carboxylic acid groups (broad SMARTS) is 1. The van der Waals surface area contributed by atoms with E-state index in [1.54, 1.807) is 6.20 Å². The molecule has 0 aliphatic carbocycles. The molecule has 0 saturated heterocycles. The van der Waals surface area contributed by atoms with Crippen molar-refractivity contribution in [3.8, 4) is 17.0 Å². The highest BCUT2D eigenvalue weighted by Gasteiger charge is 2.16. The Hall–Kier alpha value is -2.34. The van der Waals surface area contributed by atoms with Crippen LogP contribution in [0.1, 0.15) is 49.2 Å². The lowest BCUT2D eigenvalue weighted by molar-refractivity contribution is 0.0691. The van der Waals surface area contributed by atoms with Gasteiger partial charge in [0.05, 0.1) is 12.3 Å². The lowest BCUT2D eigenvalue weighted by atomic mass is 9.95. The number of aromatic nitrogens is 2. The number of carbonyl (C=O) groups is 1. The molecule has 3 aromatic rings. The van der Waals surface area contributed by atoms with E-state index in [0.717, 1.165) is 23.4 Å². The van der Waals surface area contributed by atoms with Crippen molar-refractivity contribution in [2.75, 3.05) is 6.61 Å². The second-order valence-electron chi connectivity index (χ2n) is 5.70. The van der Waals surface area contributed by atoms with Gasteiger partial charge in [-0.15, -0.1) is 11.3 Å². The standard InChI is InChI=1S/C18H20N2O3S/c1-4-11(3)13-8-12(6-7-16(13)23-5-2)15-10-24-18-19-14(17(21)22)9-20(15)18/h6-11H,4-5H2,1-3H3,(H,21,22). The summed E-state index contributed by atoms with van der Waals surface area (Å²) in [4.78, 5) is 15.9. The number of aromatic carboxylic acids is 1. The molecule has 3 rings (SSSR count). The summed E-state index contributed by atoms with van der Waals surface area (Å²) in [5.74, 6) is 0.292. The smallest absolute Gasteiger partial charge is 0.356 e. The fraction of sp³-hybridized carbons (Fsp3) is 0.333. The first-order valence-electron chi connectivity index (χ1n) is 8.02. The van der Waals surface area contributed by atoms with Crippen LogP contribution in [0, 0.1) is 0 Å². The Balaban J connectivity index is 2.10. The number of hydrogen-bond donors (Lipinski definition) is 1. The van der Waals surface area contributed by atoms with Crippen molar-refractivity contribution in [2.24, 2.45) is 0 Å². The molecule has 6 heteroatoms. The first-order chi connectivity index (χ1) is 11.5. The number of fused-ring (bicyclic) bond motifs is 1. The number of benzene rings is 1. The van der Waals surface area contributed by atoms with Gasteiger partial charge in [0.2, 0.25) is 0 Å².